The van der Waals surface area contributed by atoms with E-state index in [1.807, 2.05) is 26.0 Å². The SMILES string of the molecule is Cc1ccc(NC(=O)c2csc(SC3=C(C(=O)O)N4C(=O)[C@H]([C@@H](C)O)[C@H]4[C@H]3C)n2)cc1. The van der Waals surface area contributed by atoms with Crippen molar-refractivity contribution in [1.29, 1.82) is 0 Å². The van der Waals surface area contributed by atoms with Gasteiger partial charge >= 0.3 is 5.97 Å². The van der Waals surface area contributed by atoms with E-state index < -0.39 is 18.0 Å². The van der Waals surface area contributed by atoms with E-state index in [1.54, 1.807) is 17.5 Å². The van der Waals surface area contributed by atoms with Gasteiger partial charge in [0.2, 0.25) is 5.91 Å². The van der Waals surface area contributed by atoms with Crippen LogP contribution in [0.5, 0.6) is 0 Å². The number of anilines is 1. The molecular formula is C21H21N3O5S2. The Balaban J connectivity index is 1.53. The minimum absolute atomic E-state index is 0.0646. The third kappa shape index (κ3) is 3.75. The van der Waals surface area contributed by atoms with Crippen molar-refractivity contribution < 1.29 is 24.6 Å². The molecule has 2 amide bonds. The minimum atomic E-state index is -1.19. The van der Waals surface area contributed by atoms with Crippen molar-refractivity contribution in [2.45, 2.75) is 37.3 Å². The number of carboxylic acids is 1. The van der Waals surface area contributed by atoms with Gasteiger partial charge in [0, 0.05) is 21.9 Å². The summed E-state index contributed by atoms with van der Waals surface area (Å²) in [6.07, 6.45) is -0.854. The average molecular weight is 460 g/mol. The second-order valence-corrected chi connectivity index (χ2v) is 9.84. The van der Waals surface area contributed by atoms with Crippen LogP contribution in [-0.4, -0.2) is 50.0 Å². The largest absolute Gasteiger partial charge is 0.477 e. The second kappa shape index (κ2) is 8.10. The molecule has 3 N–H and O–H groups in total. The highest BCUT2D eigenvalue weighted by Crippen LogP contribution is 2.52. The van der Waals surface area contributed by atoms with Crippen LogP contribution in [0.2, 0.25) is 0 Å². The van der Waals surface area contributed by atoms with E-state index in [4.69, 9.17) is 0 Å². The molecule has 0 spiro atoms. The van der Waals surface area contributed by atoms with Crippen LogP contribution >= 0.6 is 23.1 Å². The predicted octanol–water partition coefficient (Wildman–Crippen LogP) is 2.95. The number of thiazole rings is 1. The van der Waals surface area contributed by atoms with E-state index in [0.717, 1.165) is 17.3 Å². The minimum Gasteiger partial charge on any atom is -0.477 e. The standard InChI is InChI=1S/C21H21N3O5S2/c1-9-4-6-12(7-5-9)22-18(26)13-8-30-21(23-13)31-17-10(2)15-14(11(3)25)19(27)24(15)16(17)20(28)29/h4-8,10-11,14-15,25H,1-3H3,(H,22,26)(H,28,29)/t10-,11-,14-,15-/m1/s1. The van der Waals surface area contributed by atoms with Gasteiger partial charge in [0.05, 0.1) is 18.1 Å². The molecule has 0 unspecified atom stereocenters. The molecule has 1 aromatic heterocycles. The first-order valence-electron chi connectivity index (χ1n) is 9.69. The van der Waals surface area contributed by atoms with Gasteiger partial charge in [-0.05, 0) is 26.0 Å². The van der Waals surface area contributed by atoms with Gasteiger partial charge in [0.25, 0.3) is 5.91 Å². The summed E-state index contributed by atoms with van der Waals surface area (Å²) in [6.45, 7) is 5.34. The van der Waals surface area contributed by atoms with Gasteiger partial charge in [0.15, 0.2) is 4.34 Å². The molecule has 2 aliphatic rings. The number of benzene rings is 1. The van der Waals surface area contributed by atoms with Crippen molar-refractivity contribution in [2.75, 3.05) is 5.32 Å². The number of nitrogens with zero attached hydrogens (tertiary/aromatic N) is 2. The second-order valence-electron chi connectivity index (χ2n) is 7.69. The number of carbonyl (C=O) groups is 3. The van der Waals surface area contributed by atoms with Crippen LogP contribution in [0.1, 0.15) is 29.9 Å². The topological polar surface area (TPSA) is 120 Å². The van der Waals surface area contributed by atoms with Crippen molar-refractivity contribution in [3.05, 3.63) is 51.5 Å². The molecule has 2 aromatic rings. The maximum atomic E-state index is 12.5. The lowest BCUT2D eigenvalue weighted by Gasteiger charge is -2.46. The smallest absolute Gasteiger partial charge is 0.353 e. The Morgan fingerprint density at radius 1 is 1.29 bits per heavy atom. The number of amides is 2. The molecular weight excluding hydrogens is 438 g/mol. The van der Waals surface area contributed by atoms with Crippen molar-refractivity contribution >= 4 is 46.6 Å². The van der Waals surface area contributed by atoms with Gasteiger partial charge in [-0.15, -0.1) is 11.3 Å². The molecule has 0 radical (unpaired) electrons. The summed E-state index contributed by atoms with van der Waals surface area (Å²) in [7, 11) is 0. The lowest BCUT2D eigenvalue weighted by molar-refractivity contribution is -0.163. The zero-order valence-corrected chi connectivity index (χ0v) is 18.7. The van der Waals surface area contributed by atoms with Gasteiger partial charge in [-0.25, -0.2) is 9.78 Å². The molecule has 1 fully saturated rings. The predicted molar refractivity (Wildman–Crippen MR) is 117 cm³/mol. The number of rotatable bonds is 6. The summed E-state index contributed by atoms with van der Waals surface area (Å²) in [5, 5.41) is 24.0. The molecule has 1 saturated heterocycles. The molecule has 4 atom stereocenters. The highest BCUT2D eigenvalue weighted by Gasteiger charge is 2.60. The van der Waals surface area contributed by atoms with Crippen LogP contribution < -0.4 is 5.32 Å². The van der Waals surface area contributed by atoms with Gasteiger partial charge in [-0.3, -0.25) is 9.59 Å². The van der Waals surface area contributed by atoms with Crippen LogP contribution in [0.15, 0.2) is 44.6 Å². The van der Waals surface area contributed by atoms with E-state index in [0.29, 0.717) is 14.9 Å². The molecule has 8 nitrogen and oxygen atoms in total. The van der Waals surface area contributed by atoms with Crippen molar-refractivity contribution in [1.82, 2.24) is 9.88 Å². The monoisotopic (exact) mass is 459 g/mol. The normalized spacial score (nSPS) is 23.4. The Morgan fingerprint density at radius 3 is 2.58 bits per heavy atom. The highest BCUT2D eigenvalue weighted by molar-refractivity contribution is 8.04. The number of carboxylic acid groups (broad SMARTS) is 1. The number of aromatic nitrogens is 1. The molecule has 4 rings (SSSR count). The summed E-state index contributed by atoms with van der Waals surface area (Å²) < 4.78 is 0.512. The Labute approximate surface area is 187 Å². The number of β-lactam (4-membered cyclic amide) rings is 1. The molecule has 0 bridgehead atoms. The van der Waals surface area contributed by atoms with E-state index >= 15 is 0 Å². The van der Waals surface area contributed by atoms with Crippen LogP contribution in [-0.2, 0) is 9.59 Å². The van der Waals surface area contributed by atoms with Crippen molar-refractivity contribution in [3.63, 3.8) is 0 Å². The van der Waals surface area contributed by atoms with Gasteiger partial charge in [0.1, 0.15) is 11.4 Å². The molecule has 0 aliphatic carbocycles. The molecule has 10 heteroatoms. The first-order valence-corrected chi connectivity index (χ1v) is 11.4. The summed E-state index contributed by atoms with van der Waals surface area (Å²) in [5.74, 6) is -2.80. The maximum absolute atomic E-state index is 12.5. The zero-order chi connectivity index (χ0) is 22.4. The Hall–Kier alpha value is -2.69. The van der Waals surface area contributed by atoms with E-state index in [-0.39, 0.29) is 35.2 Å². The number of aliphatic carboxylic acids is 1. The fourth-order valence-electron chi connectivity index (χ4n) is 3.99. The number of aliphatic hydroxyl groups excluding tert-OH is 1. The van der Waals surface area contributed by atoms with Crippen molar-refractivity contribution in [2.24, 2.45) is 11.8 Å². The summed E-state index contributed by atoms with van der Waals surface area (Å²) in [5.41, 5.74) is 1.91. The van der Waals surface area contributed by atoms with Gasteiger partial charge in [-0.2, -0.15) is 0 Å². The molecule has 1 aromatic carbocycles. The van der Waals surface area contributed by atoms with E-state index in [2.05, 4.69) is 10.3 Å². The summed E-state index contributed by atoms with van der Waals surface area (Å²) >= 11 is 2.39. The third-order valence-electron chi connectivity index (χ3n) is 5.53. The molecule has 2 aliphatic heterocycles. The van der Waals surface area contributed by atoms with Crippen LogP contribution in [0.3, 0.4) is 0 Å². The summed E-state index contributed by atoms with van der Waals surface area (Å²) in [4.78, 5) is 42.9. The number of fused-ring (bicyclic) bond motifs is 1. The Morgan fingerprint density at radius 2 is 1.97 bits per heavy atom. The first kappa shape index (κ1) is 21.5. The number of hydrogen-bond acceptors (Lipinski definition) is 7. The molecule has 0 saturated carbocycles. The Bertz CT molecular complexity index is 1090. The number of aryl methyl sites for hydroxylation is 1. The number of aliphatic hydroxyl groups is 1. The Kier molecular flexibility index (Phi) is 5.63. The van der Waals surface area contributed by atoms with Gasteiger partial charge < -0.3 is 20.4 Å². The first-order chi connectivity index (χ1) is 14.7. The highest BCUT2D eigenvalue weighted by atomic mass is 32.2. The zero-order valence-electron chi connectivity index (χ0n) is 17.0. The molecule has 162 valence electrons. The molecule has 3 heterocycles. The van der Waals surface area contributed by atoms with Crippen LogP contribution in [0, 0.1) is 18.8 Å². The third-order valence-corrected chi connectivity index (χ3v) is 7.76. The van der Waals surface area contributed by atoms with E-state index in [9.17, 15) is 24.6 Å². The quantitative estimate of drug-likeness (QED) is 0.568. The van der Waals surface area contributed by atoms with Gasteiger partial charge in [-0.1, -0.05) is 36.4 Å². The summed E-state index contributed by atoms with van der Waals surface area (Å²) in [6, 6.07) is 7.01. The molecule has 31 heavy (non-hydrogen) atoms. The van der Waals surface area contributed by atoms with Crippen molar-refractivity contribution in [3.8, 4) is 0 Å². The fraction of sp³-hybridized carbons (Fsp3) is 0.333. The lowest BCUT2D eigenvalue weighted by atomic mass is 9.79. The average Bonchev–Trinajstić information content (AvgIpc) is 3.26. The number of thioether (sulfide) groups is 1. The number of carbonyl (C=O) groups excluding carboxylic acids is 2. The van der Waals surface area contributed by atoms with E-state index in [1.165, 1.54) is 23.2 Å². The lowest BCUT2D eigenvalue weighted by Crippen LogP contribution is -2.63. The number of hydrogen-bond donors (Lipinski definition) is 3. The fourth-order valence-corrected chi connectivity index (χ4v) is 6.06. The maximum Gasteiger partial charge on any atom is 0.353 e. The van der Waals surface area contributed by atoms with Crippen LogP contribution in [0.25, 0.3) is 0 Å². The van der Waals surface area contributed by atoms with Crippen LogP contribution in [0.4, 0.5) is 5.69 Å². The number of nitrogens with one attached hydrogen (secondary N) is 1.